The molecule has 11 rings (SSSR count). The molecule has 0 aliphatic carbocycles. The van der Waals surface area contributed by atoms with Crippen LogP contribution in [-0.2, 0) is 0 Å². The van der Waals surface area contributed by atoms with Crippen molar-refractivity contribution in [3.63, 3.8) is 0 Å². The fourth-order valence-electron chi connectivity index (χ4n) is 9.04. The molecular formula is C58H40N4. The lowest BCUT2D eigenvalue weighted by Gasteiger charge is -2.12. The average molecular weight is 793 g/mol. The molecule has 0 amide bonds. The van der Waals surface area contributed by atoms with Crippen molar-refractivity contribution < 1.29 is 0 Å². The van der Waals surface area contributed by atoms with Crippen LogP contribution in [0.4, 0.5) is 0 Å². The Kier molecular flexibility index (Phi) is 9.10. The predicted octanol–water partition coefficient (Wildman–Crippen LogP) is 15.1. The summed E-state index contributed by atoms with van der Waals surface area (Å²) in [5.41, 5.74) is 17.2. The second-order valence-corrected chi connectivity index (χ2v) is 15.5. The standard InChI is InChI=1S/C58H40N4/c1-3-47-50-37-44(34-35-55(50)61(53(47)4-2)45-23-12-7-13-24-45)43-22-16-25-46(36-43)62-54-28-15-14-26-49(54)57-48(27-17-29-56(57)62)39-30-32-41(33-31-39)52-38-51(40-18-8-5-9-19-40)59-58(60-52)42-20-10-6-11-21-42/h3-38H,1-2H2. The van der Waals surface area contributed by atoms with Crippen LogP contribution in [0.3, 0.4) is 0 Å². The van der Waals surface area contributed by atoms with Gasteiger partial charge in [-0.15, -0.1) is 0 Å². The molecule has 0 saturated carbocycles. The molecule has 3 heterocycles. The maximum absolute atomic E-state index is 5.08. The Bertz CT molecular complexity index is 3410. The first-order valence-corrected chi connectivity index (χ1v) is 20.9. The Morgan fingerprint density at radius 1 is 0.371 bits per heavy atom. The maximum Gasteiger partial charge on any atom is 0.160 e. The highest BCUT2D eigenvalue weighted by Gasteiger charge is 2.19. The average Bonchev–Trinajstić information content (AvgIpc) is 3.87. The van der Waals surface area contributed by atoms with Gasteiger partial charge in [-0.05, 0) is 82.9 Å². The summed E-state index contributed by atoms with van der Waals surface area (Å²) in [5.74, 6) is 0.707. The van der Waals surface area contributed by atoms with Gasteiger partial charge >= 0.3 is 0 Å². The third kappa shape index (κ3) is 6.25. The SMILES string of the molecule is C=Cc1c(C=C)n(-c2ccccc2)c2ccc(-c3cccc(-n4c5ccccc5c5c(-c6ccc(-c7cc(-c8ccccc8)nc(-c8ccccc8)n7)cc6)cccc54)c3)cc12. The van der Waals surface area contributed by atoms with E-state index < -0.39 is 0 Å². The van der Waals surface area contributed by atoms with E-state index in [4.69, 9.17) is 9.97 Å². The number of hydrogen-bond acceptors (Lipinski definition) is 2. The molecule has 0 bridgehead atoms. The zero-order valence-electron chi connectivity index (χ0n) is 34.0. The summed E-state index contributed by atoms with van der Waals surface area (Å²) in [5, 5.41) is 3.57. The van der Waals surface area contributed by atoms with Gasteiger partial charge in [0.05, 0.1) is 33.6 Å². The van der Waals surface area contributed by atoms with Crippen molar-refractivity contribution in [2.45, 2.75) is 0 Å². The summed E-state index contributed by atoms with van der Waals surface area (Å²) in [6, 6.07) is 72.9. The summed E-state index contributed by atoms with van der Waals surface area (Å²) < 4.78 is 4.67. The van der Waals surface area contributed by atoms with Gasteiger partial charge in [0.25, 0.3) is 0 Å². The lowest BCUT2D eigenvalue weighted by molar-refractivity contribution is 1.11. The summed E-state index contributed by atoms with van der Waals surface area (Å²) in [6.07, 6.45) is 3.87. The van der Waals surface area contributed by atoms with Gasteiger partial charge in [-0.3, -0.25) is 0 Å². The van der Waals surface area contributed by atoms with Gasteiger partial charge in [0.1, 0.15) is 0 Å². The molecule has 4 nitrogen and oxygen atoms in total. The summed E-state index contributed by atoms with van der Waals surface area (Å²) in [4.78, 5) is 10.1. The molecule has 0 aliphatic heterocycles. The number of benzene rings is 8. The van der Waals surface area contributed by atoms with Crippen LogP contribution >= 0.6 is 0 Å². The molecule has 292 valence electrons. The second kappa shape index (κ2) is 15.4. The van der Waals surface area contributed by atoms with Gasteiger partial charge in [0, 0.05) is 49.8 Å². The van der Waals surface area contributed by atoms with Crippen molar-refractivity contribution >= 4 is 44.9 Å². The molecule has 0 N–H and O–H groups in total. The smallest absolute Gasteiger partial charge is 0.160 e. The van der Waals surface area contributed by atoms with Crippen molar-refractivity contribution in [1.29, 1.82) is 0 Å². The first-order valence-electron chi connectivity index (χ1n) is 20.9. The number of nitrogens with zero attached hydrogens (tertiary/aromatic N) is 4. The zero-order chi connectivity index (χ0) is 41.6. The van der Waals surface area contributed by atoms with Gasteiger partial charge in [-0.25, -0.2) is 9.97 Å². The fraction of sp³-hybridized carbons (Fsp3) is 0. The summed E-state index contributed by atoms with van der Waals surface area (Å²) in [7, 11) is 0. The lowest BCUT2D eigenvalue weighted by Crippen LogP contribution is -1.96. The van der Waals surface area contributed by atoms with Gasteiger partial charge in [-0.2, -0.15) is 0 Å². The van der Waals surface area contributed by atoms with Crippen LogP contribution in [0.1, 0.15) is 11.3 Å². The minimum Gasteiger partial charge on any atom is -0.309 e. The summed E-state index contributed by atoms with van der Waals surface area (Å²) >= 11 is 0. The highest BCUT2D eigenvalue weighted by atomic mass is 15.0. The molecule has 11 aromatic rings. The van der Waals surface area contributed by atoms with E-state index in [9.17, 15) is 0 Å². The van der Waals surface area contributed by atoms with Crippen LogP contribution in [-0.4, -0.2) is 19.1 Å². The van der Waals surface area contributed by atoms with Gasteiger partial charge in [0.15, 0.2) is 5.82 Å². The van der Waals surface area contributed by atoms with Crippen molar-refractivity contribution in [2.24, 2.45) is 0 Å². The topological polar surface area (TPSA) is 35.6 Å². The van der Waals surface area contributed by atoms with E-state index in [2.05, 4.69) is 186 Å². The van der Waals surface area contributed by atoms with Crippen LogP contribution in [0.5, 0.6) is 0 Å². The zero-order valence-corrected chi connectivity index (χ0v) is 34.0. The second-order valence-electron chi connectivity index (χ2n) is 15.5. The molecule has 0 atom stereocenters. The minimum absolute atomic E-state index is 0.707. The summed E-state index contributed by atoms with van der Waals surface area (Å²) in [6.45, 7) is 8.39. The van der Waals surface area contributed by atoms with E-state index in [-0.39, 0.29) is 0 Å². The number of hydrogen-bond donors (Lipinski definition) is 0. The molecule has 0 unspecified atom stereocenters. The van der Waals surface area contributed by atoms with Crippen molar-refractivity contribution in [1.82, 2.24) is 19.1 Å². The Morgan fingerprint density at radius 3 is 1.65 bits per heavy atom. The molecule has 0 spiro atoms. The molecule has 62 heavy (non-hydrogen) atoms. The quantitative estimate of drug-likeness (QED) is 0.146. The van der Waals surface area contributed by atoms with Crippen LogP contribution in [0.2, 0.25) is 0 Å². The van der Waals surface area contributed by atoms with E-state index in [1.165, 1.54) is 16.3 Å². The van der Waals surface area contributed by atoms with E-state index in [1.54, 1.807) is 0 Å². The Morgan fingerprint density at radius 2 is 0.919 bits per heavy atom. The number of aromatic nitrogens is 4. The van der Waals surface area contributed by atoms with Gasteiger partial charge in [0.2, 0.25) is 0 Å². The number of rotatable bonds is 9. The van der Waals surface area contributed by atoms with E-state index in [0.29, 0.717) is 5.82 Å². The normalized spacial score (nSPS) is 11.4. The Balaban J connectivity index is 1.00. The van der Waals surface area contributed by atoms with Gasteiger partial charge < -0.3 is 9.13 Å². The van der Waals surface area contributed by atoms with Crippen LogP contribution < -0.4 is 0 Å². The molecular weight excluding hydrogens is 753 g/mol. The van der Waals surface area contributed by atoms with E-state index in [0.717, 1.165) is 89.3 Å². The predicted molar refractivity (Wildman–Crippen MR) is 261 cm³/mol. The highest BCUT2D eigenvalue weighted by molar-refractivity contribution is 6.16. The highest BCUT2D eigenvalue weighted by Crippen LogP contribution is 2.41. The molecule has 0 aliphatic rings. The third-order valence-electron chi connectivity index (χ3n) is 11.9. The lowest BCUT2D eigenvalue weighted by atomic mass is 9.97. The molecule has 0 saturated heterocycles. The largest absolute Gasteiger partial charge is 0.309 e. The maximum atomic E-state index is 5.08. The molecule has 8 aromatic carbocycles. The van der Waals surface area contributed by atoms with Gasteiger partial charge in [-0.1, -0.05) is 171 Å². The third-order valence-corrected chi connectivity index (χ3v) is 11.9. The van der Waals surface area contributed by atoms with Crippen molar-refractivity contribution in [3.8, 4) is 67.5 Å². The fourth-order valence-corrected chi connectivity index (χ4v) is 9.04. The van der Waals surface area contributed by atoms with E-state index >= 15 is 0 Å². The first kappa shape index (κ1) is 36.7. The van der Waals surface area contributed by atoms with Crippen LogP contribution in [0.25, 0.3) is 112 Å². The molecule has 4 heteroatoms. The first-order chi connectivity index (χ1) is 30.7. The monoisotopic (exact) mass is 792 g/mol. The minimum atomic E-state index is 0.707. The Hall–Kier alpha value is -8.34. The number of fused-ring (bicyclic) bond motifs is 4. The van der Waals surface area contributed by atoms with E-state index in [1.807, 2.05) is 54.6 Å². The molecule has 3 aromatic heterocycles. The molecule has 0 radical (unpaired) electrons. The van der Waals surface area contributed by atoms with Crippen molar-refractivity contribution in [3.05, 3.63) is 231 Å². The van der Waals surface area contributed by atoms with Crippen molar-refractivity contribution in [2.75, 3.05) is 0 Å². The van der Waals surface area contributed by atoms with Crippen LogP contribution in [0, 0.1) is 0 Å². The van der Waals surface area contributed by atoms with Crippen LogP contribution in [0.15, 0.2) is 219 Å². The molecule has 0 fully saturated rings. The number of para-hydroxylation sites is 2. The Labute approximate surface area is 360 Å².